The summed E-state index contributed by atoms with van der Waals surface area (Å²) in [6.45, 7) is 7.38. The second-order valence-corrected chi connectivity index (χ2v) is 15.1. The first kappa shape index (κ1) is 41.7. The summed E-state index contributed by atoms with van der Waals surface area (Å²) in [5, 5.41) is 13.1. The Morgan fingerprint density at radius 2 is 1.77 bits per heavy atom. The summed E-state index contributed by atoms with van der Waals surface area (Å²) in [7, 11) is 0. The normalized spacial score (nSPS) is 19.1. The van der Waals surface area contributed by atoms with Gasteiger partial charge in [-0.3, -0.25) is 33.7 Å². The monoisotopic (exact) mass is 844 g/mol. The SMILES string of the molecule is C=CC(=O)N1C[C@H](C)N(c2nc(OCCCNC(=O)COc3cccc4c3C(=O)N(C3CCC(=O)CC3=O)C4=O)nc3c(F)c(-c4c(O)cccc4F)c(Cl)cc23)C[C@H]1C. The number of piperazine rings is 1. The Labute approximate surface area is 346 Å². The van der Waals surface area contributed by atoms with Crippen molar-refractivity contribution in [2.45, 2.75) is 57.7 Å². The number of amides is 4. The first-order chi connectivity index (χ1) is 28.7. The van der Waals surface area contributed by atoms with E-state index in [9.17, 15) is 33.9 Å². The van der Waals surface area contributed by atoms with E-state index in [1.807, 2.05) is 18.7 Å². The van der Waals surface area contributed by atoms with Gasteiger partial charge in [-0.1, -0.05) is 30.3 Å². The van der Waals surface area contributed by atoms with Crippen molar-refractivity contribution in [1.82, 2.24) is 25.1 Å². The second kappa shape index (κ2) is 17.0. The fraction of sp³-hybridized carbons (Fsp3) is 0.333. The van der Waals surface area contributed by atoms with Gasteiger partial charge in [0.15, 0.2) is 18.2 Å². The number of ketones is 2. The molecule has 1 aliphatic carbocycles. The van der Waals surface area contributed by atoms with Gasteiger partial charge in [-0.05, 0) is 63.1 Å². The fourth-order valence-electron chi connectivity index (χ4n) is 7.74. The van der Waals surface area contributed by atoms with Crippen LogP contribution in [0.15, 0.2) is 55.1 Å². The number of hydrogen-bond donors (Lipinski definition) is 2. The van der Waals surface area contributed by atoms with Crippen LogP contribution < -0.4 is 19.7 Å². The highest BCUT2D eigenvalue weighted by atomic mass is 35.5. The van der Waals surface area contributed by atoms with E-state index >= 15 is 8.78 Å². The predicted molar refractivity (Wildman–Crippen MR) is 213 cm³/mol. The number of hydrogen-bond acceptors (Lipinski definition) is 12. The minimum absolute atomic E-state index is 0.0188. The number of fused-ring (bicyclic) bond motifs is 2. The Bertz CT molecular complexity index is 2460. The molecule has 1 saturated carbocycles. The number of aromatic nitrogens is 2. The smallest absolute Gasteiger partial charge is 0.319 e. The second-order valence-electron chi connectivity index (χ2n) is 14.7. The quantitative estimate of drug-likeness (QED) is 0.0860. The van der Waals surface area contributed by atoms with Crippen LogP contribution in [0.4, 0.5) is 14.6 Å². The Morgan fingerprint density at radius 1 is 1.00 bits per heavy atom. The number of aromatic hydroxyl groups is 1. The molecule has 1 aromatic heterocycles. The van der Waals surface area contributed by atoms with Crippen molar-refractivity contribution in [3.8, 4) is 28.6 Å². The number of carbonyl (C=O) groups excluding carboxylic acids is 6. The highest BCUT2D eigenvalue weighted by molar-refractivity contribution is 6.34. The molecular weight excluding hydrogens is 806 g/mol. The lowest BCUT2D eigenvalue weighted by atomic mass is 9.92. The number of anilines is 1. The van der Waals surface area contributed by atoms with Crippen molar-refractivity contribution in [3.63, 3.8) is 0 Å². The first-order valence-corrected chi connectivity index (χ1v) is 19.5. The van der Waals surface area contributed by atoms with Crippen LogP contribution in [0.1, 0.15) is 60.2 Å². The standard InChI is InChI=1S/C42H39ClF2N6O9/c1-4-33(56)49-18-22(3)50(19-21(49)2)39-25-17-26(43)35(36-27(44)9-6-10-29(36)53)37(45)38(25)47-42(48-39)59-15-7-14-46-32(55)20-60-31-11-5-8-24-34(31)41(58)51(40(24)57)28-13-12-23(52)16-30(28)54/h4-6,8-11,17,21-22,28,53H,1,7,12-16,18-20H2,2-3H3,(H,46,55)/t21-,22+,28?/m1/s1. The third-order valence-corrected chi connectivity index (χ3v) is 11.0. The van der Waals surface area contributed by atoms with Crippen LogP contribution in [0.5, 0.6) is 17.5 Å². The predicted octanol–water partition coefficient (Wildman–Crippen LogP) is 4.80. The summed E-state index contributed by atoms with van der Waals surface area (Å²) < 4.78 is 43.1. The molecule has 60 heavy (non-hydrogen) atoms. The van der Waals surface area contributed by atoms with Crippen LogP contribution in [0.3, 0.4) is 0 Å². The number of carbonyl (C=O) groups is 6. The van der Waals surface area contributed by atoms with Gasteiger partial charge in [0.1, 0.15) is 34.4 Å². The molecule has 3 heterocycles. The number of halogens is 3. The molecule has 2 N–H and O–H groups in total. The average molecular weight is 845 g/mol. The number of nitrogens with one attached hydrogen (secondary N) is 1. The molecule has 18 heteroatoms. The van der Waals surface area contributed by atoms with Crippen molar-refractivity contribution in [3.05, 3.63) is 82.9 Å². The summed E-state index contributed by atoms with van der Waals surface area (Å²) in [5.41, 5.74) is -1.17. The number of rotatable bonds is 12. The number of phenolic OH excluding ortho intramolecular Hbond substituents is 1. The van der Waals surface area contributed by atoms with E-state index in [1.165, 1.54) is 42.5 Å². The Hall–Kier alpha value is -6.49. The van der Waals surface area contributed by atoms with Gasteiger partial charge >= 0.3 is 6.01 Å². The maximum Gasteiger partial charge on any atom is 0.319 e. The van der Waals surface area contributed by atoms with E-state index in [-0.39, 0.29) is 114 Å². The molecule has 0 spiro atoms. The molecule has 4 aromatic rings. The van der Waals surface area contributed by atoms with Crippen LogP contribution in [-0.2, 0) is 19.2 Å². The maximum atomic E-state index is 16.6. The molecule has 3 aliphatic rings. The average Bonchev–Trinajstić information content (AvgIpc) is 3.47. The van der Waals surface area contributed by atoms with E-state index in [0.717, 1.165) is 11.0 Å². The number of imide groups is 1. The van der Waals surface area contributed by atoms with Crippen LogP contribution in [0, 0.1) is 11.6 Å². The maximum absolute atomic E-state index is 16.6. The molecule has 3 atom stereocenters. The van der Waals surface area contributed by atoms with E-state index < -0.39 is 64.7 Å². The van der Waals surface area contributed by atoms with Gasteiger partial charge in [0.25, 0.3) is 17.7 Å². The van der Waals surface area contributed by atoms with Gasteiger partial charge in [0.05, 0.1) is 40.8 Å². The molecule has 7 rings (SSSR count). The number of ether oxygens (including phenoxy) is 2. The molecule has 2 fully saturated rings. The van der Waals surface area contributed by atoms with Gasteiger partial charge in [0.2, 0.25) is 5.91 Å². The summed E-state index contributed by atoms with van der Waals surface area (Å²) >= 11 is 6.59. The van der Waals surface area contributed by atoms with Crippen molar-refractivity contribution in [1.29, 1.82) is 0 Å². The topological polar surface area (TPSA) is 189 Å². The fourth-order valence-corrected chi connectivity index (χ4v) is 8.03. The molecular formula is C42H39ClF2N6O9. The zero-order valence-electron chi connectivity index (χ0n) is 32.5. The van der Waals surface area contributed by atoms with Crippen molar-refractivity contribution < 1.29 is 52.1 Å². The van der Waals surface area contributed by atoms with Crippen LogP contribution in [0.2, 0.25) is 5.02 Å². The van der Waals surface area contributed by atoms with E-state index in [0.29, 0.717) is 6.54 Å². The molecule has 2 aliphatic heterocycles. The minimum Gasteiger partial charge on any atom is -0.507 e. The van der Waals surface area contributed by atoms with Gasteiger partial charge in [-0.15, -0.1) is 0 Å². The van der Waals surface area contributed by atoms with Crippen molar-refractivity contribution >= 4 is 63.5 Å². The van der Waals surface area contributed by atoms with Crippen molar-refractivity contribution in [2.75, 3.05) is 37.7 Å². The highest BCUT2D eigenvalue weighted by Gasteiger charge is 2.46. The molecule has 3 aromatic carbocycles. The Kier molecular flexibility index (Phi) is 11.8. The molecule has 1 unspecified atom stereocenters. The molecule has 312 valence electrons. The minimum atomic E-state index is -1.05. The molecule has 15 nitrogen and oxygen atoms in total. The van der Waals surface area contributed by atoms with E-state index in [1.54, 1.807) is 4.90 Å². The van der Waals surface area contributed by atoms with Crippen LogP contribution >= 0.6 is 11.6 Å². The van der Waals surface area contributed by atoms with Crippen molar-refractivity contribution in [2.24, 2.45) is 0 Å². The number of nitrogens with zero attached hydrogens (tertiary/aromatic N) is 5. The van der Waals surface area contributed by atoms with Crippen LogP contribution in [-0.4, -0.2) is 111 Å². The van der Waals surface area contributed by atoms with E-state index in [2.05, 4.69) is 21.9 Å². The first-order valence-electron chi connectivity index (χ1n) is 19.1. The van der Waals surface area contributed by atoms with Gasteiger partial charge < -0.3 is 29.7 Å². The third kappa shape index (κ3) is 7.84. The summed E-state index contributed by atoms with van der Waals surface area (Å²) in [6.07, 6.45) is 1.22. The molecule has 4 amide bonds. The largest absolute Gasteiger partial charge is 0.507 e. The summed E-state index contributed by atoms with van der Waals surface area (Å²) in [6, 6.07) is 7.34. The number of Topliss-reactive ketones (excluding diaryl/α,β-unsaturated/α-hetero) is 2. The molecule has 1 saturated heterocycles. The molecule has 0 bridgehead atoms. The lowest BCUT2D eigenvalue weighted by molar-refractivity contribution is -0.133. The van der Waals surface area contributed by atoms with Gasteiger partial charge in [-0.25, -0.2) is 8.78 Å². The van der Waals surface area contributed by atoms with E-state index in [4.69, 9.17) is 21.1 Å². The Balaban J connectivity index is 1.04. The third-order valence-electron chi connectivity index (χ3n) is 10.7. The highest BCUT2D eigenvalue weighted by Crippen LogP contribution is 2.43. The number of phenols is 1. The molecule has 0 radical (unpaired) electrons. The van der Waals surface area contributed by atoms with Gasteiger partial charge in [-0.2, -0.15) is 9.97 Å². The lowest BCUT2D eigenvalue weighted by Crippen LogP contribution is -2.58. The lowest BCUT2D eigenvalue weighted by Gasteiger charge is -2.44. The Morgan fingerprint density at radius 3 is 2.50 bits per heavy atom. The van der Waals surface area contributed by atoms with Gasteiger partial charge in [0, 0.05) is 49.1 Å². The zero-order valence-corrected chi connectivity index (χ0v) is 33.3. The van der Waals surface area contributed by atoms with Crippen LogP contribution in [0.25, 0.3) is 22.0 Å². The summed E-state index contributed by atoms with van der Waals surface area (Å²) in [5.74, 6) is -5.23. The summed E-state index contributed by atoms with van der Waals surface area (Å²) in [4.78, 5) is 89.4. The number of benzene rings is 3. The zero-order chi connectivity index (χ0) is 43.0.